The quantitative estimate of drug-likeness (QED) is 0.185. The standard InChI is InChI=1S/C19H29FN6O/c1-15(12-16-13-22-18-5-3-2-4-17(16)18)24-27-14-23-19(21)26-10-8-25(7-6-20)9-11-26/h2-5,13,15,22,24H,6-12,14H2,1H3,(H2,21,23). The van der Waals surface area contributed by atoms with Crippen molar-refractivity contribution < 1.29 is 9.23 Å². The normalized spacial score (nSPS) is 16.6. The summed E-state index contributed by atoms with van der Waals surface area (Å²) in [6, 6.07) is 8.39. The fraction of sp³-hybridized carbons (Fsp3) is 0.526. The fourth-order valence-electron chi connectivity index (χ4n) is 3.39. The third kappa shape index (κ3) is 5.41. The molecule has 1 fully saturated rings. The number of rotatable bonds is 8. The Morgan fingerprint density at radius 1 is 1.30 bits per heavy atom. The molecule has 1 unspecified atom stereocenters. The van der Waals surface area contributed by atoms with Gasteiger partial charge in [-0.2, -0.15) is 5.48 Å². The number of H-pyrrole nitrogens is 1. The third-order valence-electron chi connectivity index (χ3n) is 4.89. The summed E-state index contributed by atoms with van der Waals surface area (Å²) < 4.78 is 12.4. The van der Waals surface area contributed by atoms with Crippen molar-refractivity contribution in [2.24, 2.45) is 0 Å². The van der Waals surface area contributed by atoms with Gasteiger partial charge in [-0.15, -0.1) is 0 Å². The Labute approximate surface area is 159 Å². The molecule has 3 rings (SSSR count). The van der Waals surface area contributed by atoms with E-state index in [2.05, 4.69) is 39.7 Å². The SMILES string of the molecule is CC(Cc1c[nH]c2ccccc12)NOCNC(=N)N1CCN(CCF)CC1. The molecule has 27 heavy (non-hydrogen) atoms. The summed E-state index contributed by atoms with van der Waals surface area (Å²) in [5, 5.41) is 12.3. The number of guanidine groups is 1. The second kappa shape index (κ2) is 9.68. The van der Waals surface area contributed by atoms with E-state index in [1.165, 1.54) is 10.9 Å². The Morgan fingerprint density at radius 2 is 2.07 bits per heavy atom. The number of piperazine rings is 1. The molecule has 148 valence electrons. The van der Waals surface area contributed by atoms with Crippen molar-refractivity contribution in [2.75, 3.05) is 46.1 Å². The van der Waals surface area contributed by atoms with E-state index < -0.39 is 0 Å². The second-order valence-electron chi connectivity index (χ2n) is 6.91. The molecular formula is C19H29FN6O. The molecule has 0 bridgehead atoms. The van der Waals surface area contributed by atoms with E-state index in [0.29, 0.717) is 12.5 Å². The van der Waals surface area contributed by atoms with E-state index in [0.717, 1.165) is 38.1 Å². The number of hydrogen-bond acceptors (Lipinski definition) is 4. The Morgan fingerprint density at radius 3 is 2.85 bits per heavy atom. The first-order chi connectivity index (χ1) is 13.2. The smallest absolute Gasteiger partial charge is 0.192 e. The van der Waals surface area contributed by atoms with Crippen molar-refractivity contribution in [1.82, 2.24) is 25.6 Å². The predicted molar refractivity (Wildman–Crippen MR) is 105 cm³/mol. The molecule has 1 aromatic heterocycles. The predicted octanol–water partition coefficient (Wildman–Crippen LogP) is 1.69. The van der Waals surface area contributed by atoms with E-state index >= 15 is 0 Å². The van der Waals surface area contributed by atoms with Gasteiger partial charge in [0, 0.05) is 55.9 Å². The number of hydrogen-bond donors (Lipinski definition) is 4. The van der Waals surface area contributed by atoms with Crippen LogP contribution in [-0.2, 0) is 11.3 Å². The summed E-state index contributed by atoms with van der Waals surface area (Å²) in [7, 11) is 0. The molecule has 4 N–H and O–H groups in total. The highest BCUT2D eigenvalue weighted by Gasteiger charge is 2.18. The molecule has 0 spiro atoms. The zero-order valence-corrected chi connectivity index (χ0v) is 15.8. The number of para-hydroxylation sites is 1. The second-order valence-corrected chi connectivity index (χ2v) is 6.91. The largest absolute Gasteiger partial charge is 0.361 e. The van der Waals surface area contributed by atoms with Gasteiger partial charge in [-0.3, -0.25) is 15.1 Å². The highest BCUT2D eigenvalue weighted by Crippen LogP contribution is 2.18. The maximum Gasteiger partial charge on any atom is 0.192 e. The number of hydroxylamine groups is 1. The summed E-state index contributed by atoms with van der Waals surface area (Å²) in [5.41, 5.74) is 5.42. The van der Waals surface area contributed by atoms with Crippen molar-refractivity contribution in [3.8, 4) is 0 Å². The van der Waals surface area contributed by atoms with Crippen LogP contribution in [0.15, 0.2) is 30.5 Å². The van der Waals surface area contributed by atoms with Crippen molar-refractivity contribution in [3.05, 3.63) is 36.0 Å². The van der Waals surface area contributed by atoms with Crippen molar-refractivity contribution in [1.29, 1.82) is 5.41 Å². The minimum absolute atomic E-state index is 0.143. The number of alkyl halides is 1. The summed E-state index contributed by atoms with van der Waals surface area (Å²) in [4.78, 5) is 12.8. The van der Waals surface area contributed by atoms with Crippen LogP contribution in [0.25, 0.3) is 10.9 Å². The molecule has 1 atom stereocenters. The first-order valence-corrected chi connectivity index (χ1v) is 9.45. The monoisotopic (exact) mass is 376 g/mol. The van der Waals surface area contributed by atoms with Gasteiger partial charge < -0.3 is 15.2 Å². The van der Waals surface area contributed by atoms with Crippen LogP contribution in [0.5, 0.6) is 0 Å². The van der Waals surface area contributed by atoms with Gasteiger partial charge in [0.1, 0.15) is 13.4 Å². The van der Waals surface area contributed by atoms with Crippen LogP contribution in [0.1, 0.15) is 12.5 Å². The van der Waals surface area contributed by atoms with E-state index in [1.54, 1.807) is 0 Å². The third-order valence-corrected chi connectivity index (χ3v) is 4.89. The van der Waals surface area contributed by atoms with Gasteiger partial charge in [0.2, 0.25) is 0 Å². The van der Waals surface area contributed by atoms with Gasteiger partial charge in [-0.05, 0) is 25.0 Å². The molecule has 2 heterocycles. The average Bonchev–Trinajstić information content (AvgIpc) is 3.09. The summed E-state index contributed by atoms with van der Waals surface area (Å²) in [6.07, 6.45) is 2.89. The van der Waals surface area contributed by atoms with Crippen molar-refractivity contribution in [3.63, 3.8) is 0 Å². The van der Waals surface area contributed by atoms with E-state index in [-0.39, 0.29) is 19.4 Å². The first-order valence-electron chi connectivity index (χ1n) is 9.45. The minimum Gasteiger partial charge on any atom is -0.361 e. The lowest BCUT2D eigenvalue weighted by atomic mass is 10.1. The molecule has 0 aliphatic carbocycles. The number of aromatic nitrogens is 1. The number of nitrogens with zero attached hydrogens (tertiary/aromatic N) is 2. The fourth-order valence-corrected chi connectivity index (χ4v) is 3.39. The summed E-state index contributed by atoms with van der Waals surface area (Å²) >= 11 is 0. The molecular weight excluding hydrogens is 347 g/mol. The first kappa shape index (κ1) is 19.6. The summed E-state index contributed by atoms with van der Waals surface area (Å²) in [6.45, 7) is 5.50. The van der Waals surface area contributed by atoms with Crippen molar-refractivity contribution >= 4 is 16.9 Å². The molecule has 1 aliphatic heterocycles. The molecule has 0 radical (unpaired) electrons. The van der Waals surface area contributed by atoms with Crippen LogP contribution >= 0.6 is 0 Å². The van der Waals surface area contributed by atoms with Crippen molar-refractivity contribution in [2.45, 2.75) is 19.4 Å². The van der Waals surface area contributed by atoms with Crippen LogP contribution in [0.4, 0.5) is 4.39 Å². The van der Waals surface area contributed by atoms with Crippen LogP contribution in [0.2, 0.25) is 0 Å². The molecule has 0 saturated carbocycles. The lowest BCUT2D eigenvalue weighted by Gasteiger charge is -2.35. The van der Waals surface area contributed by atoms with Crippen LogP contribution < -0.4 is 10.8 Å². The lowest BCUT2D eigenvalue weighted by molar-refractivity contribution is 0.0145. The average molecular weight is 376 g/mol. The Bertz CT molecular complexity index is 728. The zero-order valence-electron chi connectivity index (χ0n) is 15.8. The Kier molecular flexibility index (Phi) is 7.03. The van der Waals surface area contributed by atoms with E-state index in [9.17, 15) is 4.39 Å². The maximum atomic E-state index is 12.4. The Hall–Kier alpha value is -2.16. The summed E-state index contributed by atoms with van der Waals surface area (Å²) in [5.74, 6) is 0.348. The van der Waals surface area contributed by atoms with Gasteiger partial charge in [-0.1, -0.05) is 18.2 Å². The molecule has 8 heteroatoms. The number of nitrogens with one attached hydrogen (secondary N) is 4. The molecule has 1 aliphatic rings. The number of benzene rings is 1. The zero-order chi connectivity index (χ0) is 19.1. The van der Waals surface area contributed by atoms with E-state index in [1.807, 2.05) is 23.2 Å². The van der Waals surface area contributed by atoms with Crippen LogP contribution in [-0.4, -0.2) is 72.9 Å². The Balaban J connectivity index is 1.33. The van der Waals surface area contributed by atoms with Crippen LogP contribution in [0.3, 0.4) is 0 Å². The van der Waals surface area contributed by atoms with Gasteiger partial charge in [0.25, 0.3) is 0 Å². The maximum absolute atomic E-state index is 12.4. The number of aromatic amines is 1. The molecule has 1 aromatic carbocycles. The van der Waals surface area contributed by atoms with Crippen LogP contribution in [0, 0.1) is 5.41 Å². The van der Waals surface area contributed by atoms with Gasteiger partial charge in [0.05, 0.1) is 0 Å². The molecule has 0 amide bonds. The molecule has 7 nitrogen and oxygen atoms in total. The topological polar surface area (TPSA) is 79.4 Å². The molecule has 2 aromatic rings. The van der Waals surface area contributed by atoms with Gasteiger partial charge in [0.15, 0.2) is 5.96 Å². The lowest BCUT2D eigenvalue weighted by Crippen LogP contribution is -2.53. The minimum atomic E-state index is -0.314. The van der Waals surface area contributed by atoms with Gasteiger partial charge in [-0.25, -0.2) is 4.39 Å². The highest BCUT2D eigenvalue weighted by atomic mass is 19.1. The number of fused-ring (bicyclic) bond motifs is 1. The highest BCUT2D eigenvalue weighted by molar-refractivity contribution is 5.83. The van der Waals surface area contributed by atoms with Gasteiger partial charge >= 0.3 is 0 Å². The van der Waals surface area contributed by atoms with E-state index in [4.69, 9.17) is 10.2 Å². The molecule has 1 saturated heterocycles. The number of halogens is 1.